The van der Waals surface area contributed by atoms with Gasteiger partial charge in [0.1, 0.15) is 5.82 Å². The van der Waals surface area contributed by atoms with Gasteiger partial charge in [-0.2, -0.15) is 4.31 Å². The first-order valence-electron chi connectivity index (χ1n) is 8.60. The second-order valence-electron chi connectivity index (χ2n) is 6.61. The third kappa shape index (κ3) is 4.02. The van der Waals surface area contributed by atoms with E-state index >= 15 is 0 Å². The normalized spacial score (nSPS) is 16.2. The van der Waals surface area contributed by atoms with Gasteiger partial charge in [-0.1, -0.05) is 24.3 Å². The first-order chi connectivity index (χ1) is 13.1. The second kappa shape index (κ2) is 7.75. The van der Waals surface area contributed by atoms with Crippen LogP contribution in [-0.2, 0) is 20.0 Å². The molecule has 2 aromatic rings. The lowest BCUT2D eigenvalue weighted by Crippen LogP contribution is -2.34. The first-order valence-corrected chi connectivity index (χ1v) is 11.5. The van der Waals surface area contributed by atoms with Crippen LogP contribution in [0.4, 0.5) is 4.39 Å². The standard InChI is InChI=1S/C19H21FN2O4S2/c1-21(2)27(23,24)18-4-3-5-19(14-18)28(25,26)22-12-10-16(11-13-22)15-6-8-17(20)9-7-15/h3-10,14H,11-13H2,1-2H3. The highest BCUT2D eigenvalue weighted by Gasteiger charge is 2.28. The second-order valence-corrected chi connectivity index (χ2v) is 10.7. The van der Waals surface area contributed by atoms with E-state index in [4.69, 9.17) is 0 Å². The van der Waals surface area contributed by atoms with Crippen molar-refractivity contribution in [3.8, 4) is 0 Å². The summed E-state index contributed by atoms with van der Waals surface area (Å²) in [6.45, 7) is 0.426. The monoisotopic (exact) mass is 424 g/mol. The zero-order valence-corrected chi connectivity index (χ0v) is 17.2. The fraction of sp³-hybridized carbons (Fsp3) is 0.263. The zero-order valence-electron chi connectivity index (χ0n) is 15.5. The van der Waals surface area contributed by atoms with Gasteiger partial charge in [-0.05, 0) is 47.9 Å². The Hall–Kier alpha value is -2.07. The predicted molar refractivity (Wildman–Crippen MR) is 105 cm³/mol. The molecule has 28 heavy (non-hydrogen) atoms. The molecule has 0 spiro atoms. The van der Waals surface area contributed by atoms with Crippen molar-refractivity contribution in [1.29, 1.82) is 0 Å². The SMILES string of the molecule is CN(C)S(=O)(=O)c1cccc(S(=O)(=O)N2CC=C(c3ccc(F)cc3)CC2)c1. The minimum absolute atomic E-state index is 0.0611. The summed E-state index contributed by atoms with van der Waals surface area (Å²) < 4.78 is 65.9. The number of benzene rings is 2. The fourth-order valence-corrected chi connectivity index (χ4v) is 5.40. The summed E-state index contributed by atoms with van der Waals surface area (Å²) in [5.41, 5.74) is 1.81. The van der Waals surface area contributed by atoms with Crippen molar-refractivity contribution in [2.24, 2.45) is 0 Å². The van der Waals surface area contributed by atoms with Crippen molar-refractivity contribution in [1.82, 2.24) is 8.61 Å². The van der Waals surface area contributed by atoms with Crippen LogP contribution in [0.15, 0.2) is 64.4 Å². The molecule has 1 aliphatic rings. The van der Waals surface area contributed by atoms with Crippen molar-refractivity contribution in [3.63, 3.8) is 0 Å². The molecular weight excluding hydrogens is 403 g/mol. The van der Waals surface area contributed by atoms with Crippen LogP contribution in [0.3, 0.4) is 0 Å². The summed E-state index contributed by atoms with van der Waals surface area (Å²) in [5, 5.41) is 0. The summed E-state index contributed by atoms with van der Waals surface area (Å²) in [4.78, 5) is -0.132. The summed E-state index contributed by atoms with van der Waals surface area (Å²) in [6, 6.07) is 11.4. The lowest BCUT2D eigenvalue weighted by atomic mass is 10.0. The van der Waals surface area contributed by atoms with Crippen LogP contribution in [0.25, 0.3) is 5.57 Å². The molecule has 0 N–H and O–H groups in total. The Morgan fingerprint density at radius 2 is 1.61 bits per heavy atom. The number of sulfonamides is 2. The number of halogens is 1. The summed E-state index contributed by atoms with van der Waals surface area (Å²) in [5.74, 6) is -0.322. The van der Waals surface area contributed by atoms with Crippen LogP contribution in [0.2, 0.25) is 0 Å². The van der Waals surface area contributed by atoms with Gasteiger partial charge in [0.05, 0.1) is 9.79 Å². The van der Waals surface area contributed by atoms with Gasteiger partial charge in [0, 0.05) is 27.2 Å². The Balaban J connectivity index is 1.86. The van der Waals surface area contributed by atoms with E-state index in [-0.39, 0.29) is 28.7 Å². The van der Waals surface area contributed by atoms with Crippen LogP contribution in [0.1, 0.15) is 12.0 Å². The van der Waals surface area contributed by atoms with Gasteiger partial charge in [-0.3, -0.25) is 0 Å². The van der Waals surface area contributed by atoms with Crippen LogP contribution >= 0.6 is 0 Å². The fourth-order valence-electron chi connectivity index (χ4n) is 2.95. The molecule has 0 fully saturated rings. The van der Waals surface area contributed by atoms with E-state index in [1.165, 1.54) is 54.8 Å². The summed E-state index contributed by atoms with van der Waals surface area (Å²) in [6.07, 6.45) is 2.29. The quantitative estimate of drug-likeness (QED) is 0.739. The van der Waals surface area contributed by atoms with E-state index in [1.54, 1.807) is 18.2 Å². The number of hydrogen-bond acceptors (Lipinski definition) is 4. The molecule has 0 aliphatic carbocycles. The minimum Gasteiger partial charge on any atom is -0.207 e. The molecule has 150 valence electrons. The van der Waals surface area contributed by atoms with Crippen molar-refractivity contribution in [2.45, 2.75) is 16.2 Å². The highest BCUT2D eigenvalue weighted by molar-refractivity contribution is 7.90. The van der Waals surface area contributed by atoms with E-state index < -0.39 is 20.0 Å². The lowest BCUT2D eigenvalue weighted by Gasteiger charge is -2.26. The number of nitrogens with zero attached hydrogens (tertiary/aromatic N) is 2. The molecule has 1 heterocycles. The van der Waals surface area contributed by atoms with Gasteiger partial charge in [0.2, 0.25) is 20.0 Å². The molecule has 2 aromatic carbocycles. The first kappa shape index (κ1) is 20.7. The maximum absolute atomic E-state index is 13.1. The maximum Gasteiger partial charge on any atom is 0.243 e. The van der Waals surface area contributed by atoms with Gasteiger partial charge in [-0.25, -0.2) is 25.5 Å². The van der Waals surface area contributed by atoms with Crippen LogP contribution < -0.4 is 0 Å². The van der Waals surface area contributed by atoms with Crippen LogP contribution in [-0.4, -0.2) is 52.6 Å². The average Bonchev–Trinajstić information content (AvgIpc) is 2.68. The van der Waals surface area contributed by atoms with Gasteiger partial charge in [-0.15, -0.1) is 0 Å². The molecule has 0 saturated carbocycles. The van der Waals surface area contributed by atoms with Gasteiger partial charge < -0.3 is 0 Å². The summed E-state index contributed by atoms with van der Waals surface area (Å²) >= 11 is 0. The largest absolute Gasteiger partial charge is 0.243 e. The van der Waals surface area contributed by atoms with Crippen molar-refractivity contribution in [3.05, 3.63) is 66.0 Å². The molecule has 6 nitrogen and oxygen atoms in total. The molecule has 1 aliphatic heterocycles. The number of rotatable bonds is 5. The lowest BCUT2D eigenvalue weighted by molar-refractivity contribution is 0.441. The van der Waals surface area contributed by atoms with Crippen LogP contribution in [0, 0.1) is 5.82 Å². The highest BCUT2D eigenvalue weighted by atomic mass is 32.2. The van der Waals surface area contributed by atoms with E-state index in [9.17, 15) is 21.2 Å². The Labute approximate surface area is 165 Å². The molecule has 3 rings (SSSR count). The van der Waals surface area contributed by atoms with E-state index in [0.717, 1.165) is 15.4 Å². The molecule has 0 unspecified atom stereocenters. The molecule has 0 bridgehead atoms. The third-order valence-electron chi connectivity index (χ3n) is 4.61. The Kier molecular flexibility index (Phi) is 5.72. The van der Waals surface area contributed by atoms with E-state index in [0.29, 0.717) is 6.42 Å². The molecular formula is C19H21FN2O4S2. The Morgan fingerprint density at radius 1 is 0.964 bits per heavy atom. The smallest absolute Gasteiger partial charge is 0.207 e. The maximum atomic E-state index is 13.1. The van der Waals surface area contributed by atoms with Crippen molar-refractivity contribution < 1.29 is 21.2 Å². The van der Waals surface area contributed by atoms with Crippen molar-refractivity contribution in [2.75, 3.05) is 27.2 Å². The van der Waals surface area contributed by atoms with E-state index in [1.807, 2.05) is 0 Å². The van der Waals surface area contributed by atoms with E-state index in [2.05, 4.69) is 0 Å². The molecule has 0 radical (unpaired) electrons. The highest BCUT2D eigenvalue weighted by Crippen LogP contribution is 2.27. The topological polar surface area (TPSA) is 74.8 Å². The van der Waals surface area contributed by atoms with Gasteiger partial charge in [0.15, 0.2) is 0 Å². The molecule has 0 atom stereocenters. The van der Waals surface area contributed by atoms with Crippen molar-refractivity contribution >= 4 is 25.6 Å². The van der Waals surface area contributed by atoms with Crippen LogP contribution in [0.5, 0.6) is 0 Å². The van der Waals surface area contributed by atoms with Gasteiger partial charge >= 0.3 is 0 Å². The molecule has 0 aromatic heterocycles. The Bertz CT molecular complexity index is 1110. The zero-order chi connectivity index (χ0) is 20.5. The predicted octanol–water partition coefficient (Wildman–Crippen LogP) is 2.55. The third-order valence-corrected chi connectivity index (χ3v) is 8.28. The molecule has 0 saturated heterocycles. The summed E-state index contributed by atoms with van der Waals surface area (Å²) in [7, 11) is -4.78. The van der Waals surface area contributed by atoms with Gasteiger partial charge in [0.25, 0.3) is 0 Å². The average molecular weight is 425 g/mol. The molecule has 9 heteroatoms. The molecule has 0 amide bonds. The Morgan fingerprint density at radius 3 is 2.18 bits per heavy atom. The minimum atomic E-state index is -3.84. The number of hydrogen-bond donors (Lipinski definition) is 0.